The highest BCUT2D eigenvalue weighted by molar-refractivity contribution is 7.07. The molecule has 0 fully saturated rings. The van der Waals surface area contributed by atoms with Crippen LogP contribution in [0.5, 0.6) is 0 Å². The van der Waals surface area contributed by atoms with E-state index in [9.17, 15) is 4.79 Å². The first-order valence-electron chi connectivity index (χ1n) is 5.35. The molecular formula is C12H18OS. The first kappa shape index (κ1) is 11.4. The van der Waals surface area contributed by atoms with Crippen LogP contribution < -0.4 is 0 Å². The minimum atomic E-state index is 0.429. The number of aryl methyl sites for hydroxylation is 1. The Balaban J connectivity index is 2.02. The van der Waals surface area contributed by atoms with Gasteiger partial charge in [0.2, 0.25) is 0 Å². The highest BCUT2D eigenvalue weighted by Gasteiger charge is 2.00. The second-order valence-corrected chi connectivity index (χ2v) is 4.41. The minimum absolute atomic E-state index is 0.429. The van der Waals surface area contributed by atoms with Crippen LogP contribution in [0.2, 0.25) is 0 Å². The van der Waals surface area contributed by atoms with E-state index >= 15 is 0 Å². The van der Waals surface area contributed by atoms with E-state index < -0.39 is 0 Å². The lowest BCUT2D eigenvalue weighted by atomic mass is 10.1. The zero-order valence-electron chi connectivity index (χ0n) is 8.79. The Morgan fingerprint density at radius 3 is 2.86 bits per heavy atom. The quantitative estimate of drug-likeness (QED) is 0.625. The molecule has 0 unspecified atom stereocenters. The zero-order valence-corrected chi connectivity index (χ0v) is 9.61. The molecule has 0 atom stereocenters. The van der Waals surface area contributed by atoms with Crippen molar-refractivity contribution in [1.29, 1.82) is 0 Å². The number of ketones is 1. The molecule has 0 amide bonds. The van der Waals surface area contributed by atoms with Crippen molar-refractivity contribution in [3.63, 3.8) is 0 Å². The molecule has 0 aromatic carbocycles. The summed E-state index contributed by atoms with van der Waals surface area (Å²) in [6, 6.07) is 2.17. The average molecular weight is 210 g/mol. The van der Waals surface area contributed by atoms with Crippen LogP contribution in [0.3, 0.4) is 0 Å². The summed E-state index contributed by atoms with van der Waals surface area (Å²) in [6.07, 6.45) is 5.85. The first-order chi connectivity index (χ1) is 6.83. The summed E-state index contributed by atoms with van der Waals surface area (Å²) >= 11 is 1.75. The predicted molar refractivity (Wildman–Crippen MR) is 61.8 cm³/mol. The van der Waals surface area contributed by atoms with Crippen molar-refractivity contribution < 1.29 is 4.79 Å². The van der Waals surface area contributed by atoms with E-state index in [-0.39, 0.29) is 0 Å². The largest absolute Gasteiger partial charge is 0.300 e. The summed E-state index contributed by atoms with van der Waals surface area (Å²) in [5, 5.41) is 4.30. The van der Waals surface area contributed by atoms with Crippen molar-refractivity contribution in [2.75, 3.05) is 0 Å². The lowest BCUT2D eigenvalue weighted by molar-refractivity contribution is -0.119. The maximum Gasteiger partial charge on any atom is 0.132 e. The summed E-state index contributed by atoms with van der Waals surface area (Å²) in [5.41, 5.74) is 1.41. The van der Waals surface area contributed by atoms with Gasteiger partial charge in [-0.1, -0.05) is 6.92 Å². The monoisotopic (exact) mass is 210 g/mol. The lowest BCUT2D eigenvalue weighted by Crippen LogP contribution is -1.96. The van der Waals surface area contributed by atoms with Crippen molar-refractivity contribution in [1.82, 2.24) is 0 Å². The Kier molecular flexibility index (Phi) is 5.53. The van der Waals surface area contributed by atoms with Crippen LogP contribution in [-0.4, -0.2) is 5.78 Å². The molecule has 0 N–H and O–H groups in total. The molecule has 78 valence electrons. The van der Waals surface area contributed by atoms with E-state index in [1.807, 2.05) is 0 Å². The number of unbranched alkanes of at least 4 members (excludes halogenated alkanes) is 1. The van der Waals surface area contributed by atoms with Gasteiger partial charge in [-0.15, -0.1) is 0 Å². The number of carbonyl (C=O) groups excluding carboxylic acids is 1. The second-order valence-electron chi connectivity index (χ2n) is 3.63. The van der Waals surface area contributed by atoms with Crippen LogP contribution in [-0.2, 0) is 11.2 Å². The predicted octanol–water partition coefficient (Wildman–Crippen LogP) is 3.83. The van der Waals surface area contributed by atoms with E-state index in [1.165, 1.54) is 5.56 Å². The third-order valence-corrected chi connectivity index (χ3v) is 3.01. The molecule has 0 bridgehead atoms. The van der Waals surface area contributed by atoms with Gasteiger partial charge >= 0.3 is 0 Å². The van der Waals surface area contributed by atoms with Gasteiger partial charge in [0.05, 0.1) is 0 Å². The van der Waals surface area contributed by atoms with E-state index in [1.54, 1.807) is 11.3 Å². The van der Waals surface area contributed by atoms with Gasteiger partial charge in [-0.25, -0.2) is 0 Å². The molecular weight excluding hydrogens is 192 g/mol. The Morgan fingerprint density at radius 1 is 1.36 bits per heavy atom. The molecule has 14 heavy (non-hydrogen) atoms. The van der Waals surface area contributed by atoms with E-state index in [0.717, 1.165) is 38.5 Å². The van der Waals surface area contributed by atoms with Gasteiger partial charge in [0.15, 0.2) is 0 Å². The number of hydrogen-bond acceptors (Lipinski definition) is 2. The van der Waals surface area contributed by atoms with Crippen LogP contribution in [0, 0.1) is 0 Å². The molecule has 0 radical (unpaired) electrons. The molecule has 1 nitrogen and oxygen atoms in total. The minimum Gasteiger partial charge on any atom is -0.300 e. The Morgan fingerprint density at radius 2 is 2.21 bits per heavy atom. The molecule has 0 aliphatic rings. The summed E-state index contributed by atoms with van der Waals surface area (Å²) < 4.78 is 0. The zero-order chi connectivity index (χ0) is 10.2. The molecule has 0 saturated carbocycles. The van der Waals surface area contributed by atoms with Gasteiger partial charge in [-0.2, -0.15) is 11.3 Å². The van der Waals surface area contributed by atoms with E-state index in [2.05, 4.69) is 23.8 Å². The van der Waals surface area contributed by atoms with Crippen molar-refractivity contribution >= 4 is 17.1 Å². The molecule has 1 heterocycles. The van der Waals surface area contributed by atoms with Crippen molar-refractivity contribution in [3.8, 4) is 0 Å². The summed E-state index contributed by atoms with van der Waals surface area (Å²) in [5.74, 6) is 0.429. The van der Waals surface area contributed by atoms with Crippen LogP contribution >= 0.6 is 11.3 Å². The number of hydrogen-bond donors (Lipinski definition) is 0. The van der Waals surface area contributed by atoms with Gasteiger partial charge < -0.3 is 0 Å². The second kappa shape index (κ2) is 6.77. The molecule has 0 aliphatic carbocycles. The lowest BCUT2D eigenvalue weighted by Gasteiger charge is -1.98. The first-order valence-corrected chi connectivity index (χ1v) is 6.30. The molecule has 2 heteroatoms. The highest BCUT2D eigenvalue weighted by atomic mass is 32.1. The Bertz CT molecular complexity index is 251. The molecule has 0 saturated heterocycles. The molecule has 1 aromatic rings. The number of thiophene rings is 1. The third kappa shape index (κ3) is 4.56. The van der Waals surface area contributed by atoms with Crippen molar-refractivity contribution in [3.05, 3.63) is 22.4 Å². The fourth-order valence-corrected chi connectivity index (χ4v) is 2.19. The maximum atomic E-state index is 11.2. The summed E-state index contributed by atoms with van der Waals surface area (Å²) in [7, 11) is 0. The van der Waals surface area contributed by atoms with Crippen LogP contribution in [0.1, 0.15) is 44.6 Å². The van der Waals surface area contributed by atoms with Gasteiger partial charge in [0.25, 0.3) is 0 Å². The Hall–Kier alpha value is -0.630. The molecule has 0 spiro atoms. The van der Waals surface area contributed by atoms with Gasteiger partial charge in [-0.3, -0.25) is 4.79 Å². The van der Waals surface area contributed by atoms with Crippen molar-refractivity contribution in [2.24, 2.45) is 0 Å². The van der Waals surface area contributed by atoms with Gasteiger partial charge in [0, 0.05) is 12.8 Å². The average Bonchev–Trinajstić information content (AvgIpc) is 2.65. The molecule has 0 aliphatic heterocycles. The highest BCUT2D eigenvalue weighted by Crippen LogP contribution is 2.11. The summed E-state index contributed by atoms with van der Waals surface area (Å²) in [6.45, 7) is 2.06. The van der Waals surface area contributed by atoms with Gasteiger partial charge in [-0.05, 0) is 48.1 Å². The van der Waals surface area contributed by atoms with Crippen molar-refractivity contribution in [2.45, 2.75) is 45.4 Å². The SMILES string of the molecule is CCCC(=O)CCCCc1ccsc1. The number of Topliss-reactive ketones (excluding diaryl/α,β-unsaturated/α-hetero) is 1. The molecule has 1 rings (SSSR count). The number of rotatable bonds is 7. The fraction of sp³-hybridized carbons (Fsp3) is 0.583. The van der Waals surface area contributed by atoms with Crippen LogP contribution in [0.25, 0.3) is 0 Å². The Labute approximate surface area is 90.2 Å². The number of carbonyl (C=O) groups is 1. The van der Waals surface area contributed by atoms with Crippen LogP contribution in [0.4, 0.5) is 0 Å². The smallest absolute Gasteiger partial charge is 0.132 e. The van der Waals surface area contributed by atoms with Crippen LogP contribution in [0.15, 0.2) is 16.8 Å². The standard InChI is InChI=1S/C12H18OS/c1-2-5-12(13)7-4-3-6-11-8-9-14-10-11/h8-10H,2-7H2,1H3. The maximum absolute atomic E-state index is 11.2. The molecule has 1 aromatic heterocycles. The fourth-order valence-electron chi connectivity index (χ4n) is 1.49. The van der Waals surface area contributed by atoms with Gasteiger partial charge in [0.1, 0.15) is 5.78 Å². The van der Waals surface area contributed by atoms with E-state index in [0.29, 0.717) is 5.78 Å². The van der Waals surface area contributed by atoms with E-state index in [4.69, 9.17) is 0 Å². The third-order valence-electron chi connectivity index (χ3n) is 2.28. The topological polar surface area (TPSA) is 17.1 Å². The summed E-state index contributed by atoms with van der Waals surface area (Å²) in [4.78, 5) is 11.2. The normalized spacial score (nSPS) is 10.4.